The molecule has 1 fully saturated rings. The molecule has 106 valence electrons. The van der Waals surface area contributed by atoms with Crippen molar-refractivity contribution in [3.05, 3.63) is 47.8 Å². The van der Waals surface area contributed by atoms with Gasteiger partial charge in [0.05, 0.1) is 5.52 Å². The highest BCUT2D eigenvalue weighted by Crippen LogP contribution is 2.42. The molecule has 0 radical (unpaired) electrons. The van der Waals surface area contributed by atoms with E-state index in [4.69, 9.17) is 5.73 Å². The summed E-state index contributed by atoms with van der Waals surface area (Å²) >= 11 is 0. The Bertz CT molecular complexity index is 847. The first-order valence-corrected chi connectivity index (χ1v) is 7.18. The van der Waals surface area contributed by atoms with Gasteiger partial charge in [-0.2, -0.15) is 0 Å². The van der Waals surface area contributed by atoms with E-state index in [9.17, 15) is 4.39 Å². The molecule has 0 atom stereocenters. The maximum Gasteiger partial charge on any atom is 0.151 e. The van der Waals surface area contributed by atoms with Crippen LogP contribution in [0.25, 0.3) is 22.4 Å². The van der Waals surface area contributed by atoms with E-state index in [1.165, 1.54) is 6.07 Å². The summed E-state index contributed by atoms with van der Waals surface area (Å²) in [6.07, 6.45) is 2.22. The summed E-state index contributed by atoms with van der Waals surface area (Å²) in [6.45, 7) is 1.98. The Morgan fingerprint density at radius 3 is 2.71 bits per heavy atom. The van der Waals surface area contributed by atoms with Gasteiger partial charge in [-0.25, -0.2) is 9.37 Å². The van der Waals surface area contributed by atoms with Crippen molar-refractivity contribution in [3.8, 4) is 11.4 Å². The summed E-state index contributed by atoms with van der Waals surface area (Å²) in [4.78, 5) is 4.55. The second kappa shape index (κ2) is 4.32. The molecule has 1 saturated carbocycles. The minimum absolute atomic E-state index is 0.278. The van der Waals surface area contributed by atoms with Crippen LogP contribution in [-0.2, 0) is 0 Å². The third-order valence-corrected chi connectivity index (χ3v) is 4.15. The molecular weight excluding hydrogens is 265 g/mol. The van der Waals surface area contributed by atoms with E-state index < -0.39 is 0 Å². The lowest BCUT2D eigenvalue weighted by Crippen LogP contribution is -2.01. The van der Waals surface area contributed by atoms with Gasteiger partial charge in [0.25, 0.3) is 0 Å². The predicted molar refractivity (Wildman–Crippen MR) is 82.5 cm³/mol. The largest absolute Gasteiger partial charge is 0.398 e. The molecule has 4 heteroatoms. The Labute approximate surface area is 122 Å². The molecule has 1 heterocycles. The van der Waals surface area contributed by atoms with Crippen LogP contribution in [0.3, 0.4) is 0 Å². The SMILES string of the molecule is Cc1cccc(-c2nc3c(F)cccc3n2C2CC2)c1N. The van der Waals surface area contributed by atoms with E-state index in [1.807, 2.05) is 31.2 Å². The molecule has 0 amide bonds. The van der Waals surface area contributed by atoms with Gasteiger partial charge < -0.3 is 10.3 Å². The monoisotopic (exact) mass is 281 g/mol. The van der Waals surface area contributed by atoms with Crippen LogP contribution in [0.1, 0.15) is 24.4 Å². The van der Waals surface area contributed by atoms with Crippen LogP contribution < -0.4 is 5.73 Å². The first kappa shape index (κ1) is 12.4. The van der Waals surface area contributed by atoms with Crippen LogP contribution in [0.4, 0.5) is 10.1 Å². The number of anilines is 1. The Morgan fingerprint density at radius 2 is 1.95 bits per heavy atom. The van der Waals surface area contributed by atoms with Crippen LogP contribution in [-0.4, -0.2) is 9.55 Å². The fourth-order valence-electron chi connectivity index (χ4n) is 2.85. The van der Waals surface area contributed by atoms with E-state index in [0.717, 1.165) is 41.0 Å². The number of halogens is 1. The first-order valence-electron chi connectivity index (χ1n) is 7.18. The lowest BCUT2D eigenvalue weighted by Gasteiger charge is -2.11. The van der Waals surface area contributed by atoms with Gasteiger partial charge in [-0.15, -0.1) is 0 Å². The maximum atomic E-state index is 14.1. The molecular formula is C17H16FN3. The number of para-hydroxylation sites is 2. The van der Waals surface area contributed by atoms with Crippen molar-refractivity contribution in [1.82, 2.24) is 9.55 Å². The summed E-state index contributed by atoms with van der Waals surface area (Å²) in [7, 11) is 0. The highest BCUT2D eigenvalue weighted by molar-refractivity contribution is 5.85. The molecule has 0 saturated heterocycles. The number of benzene rings is 2. The topological polar surface area (TPSA) is 43.8 Å². The zero-order chi connectivity index (χ0) is 14.6. The predicted octanol–water partition coefficient (Wildman–Crippen LogP) is 4.07. The summed E-state index contributed by atoms with van der Waals surface area (Å²) in [5.41, 5.74) is 10.1. The molecule has 4 rings (SSSR count). The van der Waals surface area contributed by atoms with Gasteiger partial charge in [0, 0.05) is 17.3 Å². The highest BCUT2D eigenvalue weighted by atomic mass is 19.1. The fraction of sp³-hybridized carbons (Fsp3) is 0.235. The molecule has 1 aromatic heterocycles. The highest BCUT2D eigenvalue weighted by Gasteiger charge is 2.30. The van der Waals surface area contributed by atoms with Crippen molar-refractivity contribution in [2.75, 3.05) is 5.73 Å². The third kappa shape index (κ3) is 1.82. The van der Waals surface area contributed by atoms with Crippen LogP contribution in [0.2, 0.25) is 0 Å². The van der Waals surface area contributed by atoms with Crippen LogP contribution >= 0.6 is 0 Å². The second-order valence-corrected chi connectivity index (χ2v) is 5.68. The molecule has 0 spiro atoms. The molecule has 3 aromatic rings. The van der Waals surface area contributed by atoms with Crippen molar-refractivity contribution in [3.63, 3.8) is 0 Å². The molecule has 21 heavy (non-hydrogen) atoms. The van der Waals surface area contributed by atoms with Crippen molar-refractivity contribution < 1.29 is 4.39 Å². The van der Waals surface area contributed by atoms with Crippen molar-refractivity contribution in [2.24, 2.45) is 0 Å². The summed E-state index contributed by atoms with van der Waals surface area (Å²) in [5.74, 6) is 0.498. The van der Waals surface area contributed by atoms with Gasteiger partial charge in [-0.3, -0.25) is 0 Å². The molecule has 0 unspecified atom stereocenters. The number of aryl methyl sites for hydroxylation is 1. The van der Waals surface area contributed by atoms with Crippen LogP contribution in [0, 0.1) is 12.7 Å². The summed E-state index contributed by atoms with van der Waals surface area (Å²) < 4.78 is 16.2. The normalized spacial score (nSPS) is 14.8. The minimum atomic E-state index is -0.278. The molecule has 1 aliphatic carbocycles. The minimum Gasteiger partial charge on any atom is -0.398 e. The smallest absolute Gasteiger partial charge is 0.151 e. The van der Waals surface area contributed by atoms with Gasteiger partial charge >= 0.3 is 0 Å². The molecule has 0 bridgehead atoms. The number of hydrogen-bond acceptors (Lipinski definition) is 2. The van der Waals surface area contributed by atoms with Crippen molar-refractivity contribution in [1.29, 1.82) is 0 Å². The zero-order valence-corrected chi connectivity index (χ0v) is 11.8. The number of hydrogen-bond donors (Lipinski definition) is 1. The van der Waals surface area contributed by atoms with Crippen LogP contribution in [0.15, 0.2) is 36.4 Å². The Morgan fingerprint density at radius 1 is 1.19 bits per heavy atom. The van der Waals surface area contributed by atoms with E-state index in [0.29, 0.717) is 11.6 Å². The van der Waals surface area contributed by atoms with Gasteiger partial charge in [0.1, 0.15) is 11.3 Å². The Balaban J connectivity index is 2.06. The van der Waals surface area contributed by atoms with E-state index in [1.54, 1.807) is 6.07 Å². The van der Waals surface area contributed by atoms with Crippen molar-refractivity contribution >= 4 is 16.7 Å². The summed E-state index contributed by atoms with van der Waals surface area (Å²) in [5, 5.41) is 0. The number of fused-ring (bicyclic) bond motifs is 1. The fourth-order valence-corrected chi connectivity index (χ4v) is 2.85. The maximum absolute atomic E-state index is 14.1. The average Bonchev–Trinajstić information content (AvgIpc) is 3.23. The molecule has 3 nitrogen and oxygen atoms in total. The van der Waals surface area contributed by atoms with Crippen molar-refractivity contribution in [2.45, 2.75) is 25.8 Å². The first-order chi connectivity index (χ1) is 10.2. The number of aromatic nitrogens is 2. The number of nitrogens with zero attached hydrogens (tertiary/aromatic N) is 2. The summed E-state index contributed by atoms with van der Waals surface area (Å²) in [6, 6.07) is 11.4. The van der Waals surface area contributed by atoms with E-state index >= 15 is 0 Å². The molecule has 2 N–H and O–H groups in total. The van der Waals surface area contributed by atoms with E-state index in [-0.39, 0.29) is 5.82 Å². The van der Waals surface area contributed by atoms with Gasteiger partial charge in [0.2, 0.25) is 0 Å². The zero-order valence-electron chi connectivity index (χ0n) is 11.8. The van der Waals surface area contributed by atoms with Gasteiger partial charge in [0.15, 0.2) is 5.82 Å². The second-order valence-electron chi connectivity index (χ2n) is 5.68. The number of nitrogens with two attached hydrogens (primary N) is 1. The van der Waals surface area contributed by atoms with Gasteiger partial charge in [-0.1, -0.05) is 18.2 Å². The molecule has 0 aliphatic heterocycles. The average molecular weight is 281 g/mol. The molecule has 1 aliphatic rings. The van der Waals surface area contributed by atoms with E-state index in [2.05, 4.69) is 9.55 Å². The number of nitrogen functional groups attached to an aromatic ring is 1. The molecule has 2 aromatic carbocycles. The Kier molecular flexibility index (Phi) is 2.55. The lowest BCUT2D eigenvalue weighted by molar-refractivity contribution is 0.637. The standard InChI is InChI=1S/C17H16FN3/c1-10-4-2-5-12(15(10)19)17-20-16-13(18)6-3-7-14(16)21(17)11-8-9-11/h2-7,11H,8-9,19H2,1H3. The number of imidazole rings is 1. The lowest BCUT2D eigenvalue weighted by atomic mass is 10.1. The van der Waals surface area contributed by atoms with Gasteiger partial charge in [-0.05, 0) is 43.5 Å². The quantitative estimate of drug-likeness (QED) is 0.720. The Hall–Kier alpha value is -2.36. The third-order valence-electron chi connectivity index (χ3n) is 4.15. The number of rotatable bonds is 2. The van der Waals surface area contributed by atoms with Crippen LogP contribution in [0.5, 0.6) is 0 Å².